The summed E-state index contributed by atoms with van der Waals surface area (Å²) in [6, 6.07) is 10.3. The lowest BCUT2D eigenvalue weighted by Gasteiger charge is -2.35. The van der Waals surface area contributed by atoms with Crippen LogP contribution in [-0.2, 0) is 6.42 Å². The highest BCUT2D eigenvalue weighted by molar-refractivity contribution is 5.32. The number of nitrogens with zero attached hydrogens (tertiary/aromatic N) is 1. The minimum Gasteiger partial charge on any atom is -0.192 e. The number of rotatable bonds is 6. The fourth-order valence-electron chi connectivity index (χ4n) is 4.97. The number of benzene rings is 1. The molecule has 0 aromatic heterocycles. The number of hydrogen-bond acceptors (Lipinski definition) is 1. The normalized spacial score (nSPS) is 26.7. The largest absolute Gasteiger partial charge is 0.192 e. The SMILES string of the molecule is CCCC1CCC(C2CC=C(CCc3ccc(C#N)cc3)CC2)CC1. The van der Waals surface area contributed by atoms with Crippen LogP contribution in [0.2, 0.25) is 0 Å². The van der Waals surface area contributed by atoms with Gasteiger partial charge in [0, 0.05) is 0 Å². The third kappa shape index (κ3) is 5.21. The second-order valence-corrected chi connectivity index (χ2v) is 8.28. The summed E-state index contributed by atoms with van der Waals surface area (Å²) >= 11 is 0. The van der Waals surface area contributed by atoms with Crippen LogP contribution >= 0.6 is 0 Å². The van der Waals surface area contributed by atoms with Gasteiger partial charge < -0.3 is 0 Å². The third-order valence-electron chi connectivity index (χ3n) is 6.62. The predicted octanol–water partition coefficient (Wildman–Crippen LogP) is 6.82. The van der Waals surface area contributed by atoms with Crippen molar-refractivity contribution in [3.8, 4) is 6.07 Å². The zero-order valence-corrected chi connectivity index (χ0v) is 15.8. The third-order valence-corrected chi connectivity index (χ3v) is 6.62. The van der Waals surface area contributed by atoms with E-state index in [0.717, 1.165) is 29.7 Å². The molecular weight excluding hydrogens is 302 g/mol. The van der Waals surface area contributed by atoms with Crippen molar-refractivity contribution in [3.05, 3.63) is 47.0 Å². The molecule has 1 nitrogen and oxygen atoms in total. The van der Waals surface area contributed by atoms with E-state index in [1.807, 2.05) is 12.1 Å². The zero-order chi connectivity index (χ0) is 17.5. The first kappa shape index (κ1) is 18.2. The van der Waals surface area contributed by atoms with Gasteiger partial charge >= 0.3 is 0 Å². The Bertz CT molecular complexity index is 596. The van der Waals surface area contributed by atoms with E-state index in [1.54, 1.807) is 5.57 Å². The summed E-state index contributed by atoms with van der Waals surface area (Å²) in [4.78, 5) is 0. The Kier molecular flexibility index (Phi) is 6.74. The molecule has 0 saturated heterocycles. The lowest BCUT2D eigenvalue weighted by atomic mass is 9.70. The van der Waals surface area contributed by atoms with Gasteiger partial charge in [0.05, 0.1) is 11.6 Å². The summed E-state index contributed by atoms with van der Waals surface area (Å²) in [5, 5.41) is 8.88. The van der Waals surface area contributed by atoms with E-state index in [9.17, 15) is 0 Å². The molecule has 2 aliphatic rings. The molecule has 1 atom stereocenters. The summed E-state index contributed by atoms with van der Waals surface area (Å²) in [6.45, 7) is 2.33. The Morgan fingerprint density at radius 1 is 0.960 bits per heavy atom. The molecule has 3 rings (SSSR count). The Balaban J connectivity index is 1.42. The van der Waals surface area contributed by atoms with Crippen LogP contribution < -0.4 is 0 Å². The molecule has 0 amide bonds. The van der Waals surface area contributed by atoms with E-state index in [4.69, 9.17) is 5.26 Å². The molecule has 1 fully saturated rings. The van der Waals surface area contributed by atoms with E-state index in [2.05, 4.69) is 31.2 Å². The van der Waals surface area contributed by atoms with Crippen molar-refractivity contribution in [1.82, 2.24) is 0 Å². The number of aryl methyl sites for hydroxylation is 1. The summed E-state index contributed by atoms with van der Waals surface area (Å²) < 4.78 is 0. The second-order valence-electron chi connectivity index (χ2n) is 8.28. The molecule has 0 radical (unpaired) electrons. The molecular formula is C24H33N. The lowest BCUT2D eigenvalue weighted by Crippen LogP contribution is -2.23. The van der Waals surface area contributed by atoms with Crippen LogP contribution in [-0.4, -0.2) is 0 Å². The maximum absolute atomic E-state index is 8.88. The summed E-state index contributed by atoms with van der Waals surface area (Å²) in [5.74, 6) is 2.99. The number of hydrogen-bond donors (Lipinski definition) is 0. The maximum Gasteiger partial charge on any atom is 0.0991 e. The molecule has 0 heterocycles. The Morgan fingerprint density at radius 2 is 1.72 bits per heavy atom. The first-order chi connectivity index (χ1) is 12.3. The minimum absolute atomic E-state index is 0.761. The van der Waals surface area contributed by atoms with Gasteiger partial charge in [-0.05, 0) is 80.4 Å². The smallest absolute Gasteiger partial charge is 0.0991 e. The molecule has 1 heteroatoms. The Hall–Kier alpha value is -1.55. The van der Waals surface area contributed by atoms with Crippen LogP contribution in [0.1, 0.15) is 82.3 Å². The van der Waals surface area contributed by atoms with E-state index in [0.29, 0.717) is 0 Å². The molecule has 0 spiro atoms. The highest BCUT2D eigenvalue weighted by atomic mass is 14.3. The first-order valence-electron chi connectivity index (χ1n) is 10.5. The average molecular weight is 336 g/mol. The van der Waals surface area contributed by atoms with Gasteiger partial charge in [0.15, 0.2) is 0 Å². The molecule has 1 unspecified atom stereocenters. The lowest BCUT2D eigenvalue weighted by molar-refractivity contribution is 0.186. The molecule has 2 aliphatic carbocycles. The van der Waals surface area contributed by atoms with Crippen LogP contribution in [0, 0.1) is 29.1 Å². The van der Waals surface area contributed by atoms with Gasteiger partial charge in [0.25, 0.3) is 0 Å². The van der Waals surface area contributed by atoms with Crippen LogP contribution in [0.4, 0.5) is 0 Å². The topological polar surface area (TPSA) is 23.8 Å². The van der Waals surface area contributed by atoms with E-state index in [-0.39, 0.29) is 0 Å². The van der Waals surface area contributed by atoms with Crippen molar-refractivity contribution in [1.29, 1.82) is 5.26 Å². The number of allylic oxidation sites excluding steroid dienone is 2. The zero-order valence-electron chi connectivity index (χ0n) is 15.8. The van der Waals surface area contributed by atoms with E-state index >= 15 is 0 Å². The minimum atomic E-state index is 0.761. The monoisotopic (exact) mass is 335 g/mol. The average Bonchev–Trinajstić information content (AvgIpc) is 2.68. The summed E-state index contributed by atoms with van der Waals surface area (Å²) in [5.41, 5.74) is 3.79. The standard InChI is InChI=1S/C24H33N/c1-2-3-19-10-14-23(15-11-19)24-16-12-21(13-17-24)5-4-20-6-8-22(18-25)9-7-20/h6-9,12,19,23-24H,2-5,10-11,13-17H2,1H3. The van der Waals surface area contributed by atoms with E-state index in [1.165, 1.54) is 69.8 Å². The fourth-order valence-corrected chi connectivity index (χ4v) is 4.97. The summed E-state index contributed by atoms with van der Waals surface area (Å²) in [6.07, 6.45) is 17.7. The van der Waals surface area contributed by atoms with Crippen molar-refractivity contribution < 1.29 is 0 Å². The second kappa shape index (κ2) is 9.23. The van der Waals surface area contributed by atoms with E-state index < -0.39 is 0 Å². The van der Waals surface area contributed by atoms with Gasteiger partial charge in [-0.25, -0.2) is 0 Å². The van der Waals surface area contributed by atoms with Crippen molar-refractivity contribution in [2.24, 2.45) is 17.8 Å². The molecule has 25 heavy (non-hydrogen) atoms. The van der Waals surface area contributed by atoms with Crippen LogP contribution in [0.3, 0.4) is 0 Å². The molecule has 134 valence electrons. The van der Waals surface area contributed by atoms with Crippen molar-refractivity contribution >= 4 is 0 Å². The van der Waals surface area contributed by atoms with Crippen LogP contribution in [0.15, 0.2) is 35.9 Å². The quantitative estimate of drug-likeness (QED) is 0.523. The van der Waals surface area contributed by atoms with Crippen LogP contribution in [0.25, 0.3) is 0 Å². The van der Waals surface area contributed by atoms with Gasteiger partial charge in [-0.3, -0.25) is 0 Å². The van der Waals surface area contributed by atoms with Gasteiger partial charge in [0.2, 0.25) is 0 Å². The van der Waals surface area contributed by atoms with Crippen molar-refractivity contribution in [2.75, 3.05) is 0 Å². The Labute approximate surface area is 154 Å². The molecule has 1 aromatic rings. The molecule has 0 aliphatic heterocycles. The van der Waals surface area contributed by atoms with Gasteiger partial charge in [-0.1, -0.05) is 56.4 Å². The highest BCUT2D eigenvalue weighted by Gasteiger charge is 2.28. The van der Waals surface area contributed by atoms with Crippen molar-refractivity contribution in [2.45, 2.75) is 77.6 Å². The van der Waals surface area contributed by atoms with Gasteiger partial charge in [0.1, 0.15) is 0 Å². The van der Waals surface area contributed by atoms with Gasteiger partial charge in [-0.2, -0.15) is 5.26 Å². The van der Waals surface area contributed by atoms with Gasteiger partial charge in [-0.15, -0.1) is 0 Å². The van der Waals surface area contributed by atoms with Crippen LogP contribution in [0.5, 0.6) is 0 Å². The first-order valence-corrected chi connectivity index (χ1v) is 10.5. The molecule has 1 aromatic carbocycles. The number of nitriles is 1. The Morgan fingerprint density at radius 3 is 2.32 bits per heavy atom. The molecule has 0 N–H and O–H groups in total. The highest BCUT2D eigenvalue weighted by Crippen LogP contribution is 2.41. The van der Waals surface area contributed by atoms with Crippen molar-refractivity contribution in [3.63, 3.8) is 0 Å². The molecule has 1 saturated carbocycles. The maximum atomic E-state index is 8.88. The summed E-state index contributed by atoms with van der Waals surface area (Å²) in [7, 11) is 0. The predicted molar refractivity (Wildman–Crippen MR) is 105 cm³/mol. The fraction of sp³-hybridized carbons (Fsp3) is 0.625. The molecule has 0 bridgehead atoms.